The van der Waals surface area contributed by atoms with E-state index >= 15 is 0 Å². The fourth-order valence-corrected chi connectivity index (χ4v) is 0.484. The van der Waals surface area contributed by atoms with Crippen molar-refractivity contribution in [2.75, 3.05) is 7.11 Å². The van der Waals surface area contributed by atoms with E-state index in [0.29, 0.717) is 0 Å². The Morgan fingerprint density at radius 3 is 2.90 bits per heavy atom. The number of esters is 1. The molecule has 0 aromatic rings. The van der Waals surface area contributed by atoms with Gasteiger partial charge in [-0.1, -0.05) is 0 Å². The van der Waals surface area contributed by atoms with E-state index in [2.05, 4.69) is 10.7 Å². The molecule has 0 aromatic carbocycles. The molecule has 0 aliphatic heterocycles. The summed E-state index contributed by atoms with van der Waals surface area (Å²) >= 11 is 0. The van der Waals surface area contributed by atoms with Gasteiger partial charge in [-0.3, -0.25) is 4.79 Å². The van der Waals surface area contributed by atoms with Crippen molar-refractivity contribution in [3.05, 3.63) is 0 Å². The number of terminal acetylenes is 1. The second-order valence-corrected chi connectivity index (χ2v) is 1.84. The maximum Gasteiger partial charge on any atom is 0.308 e. The molecule has 0 fully saturated rings. The summed E-state index contributed by atoms with van der Waals surface area (Å²) in [4.78, 5) is 10.4. The van der Waals surface area contributed by atoms with E-state index in [1.165, 1.54) is 7.11 Å². The minimum atomic E-state index is -0.766. The molecule has 3 heteroatoms. The summed E-state index contributed by atoms with van der Waals surface area (Å²) in [6.07, 6.45) is 4.28. The first-order valence-electron chi connectivity index (χ1n) is 2.89. The molecule has 0 heterocycles. The molecule has 0 aromatic heterocycles. The average molecular weight is 142 g/mol. The van der Waals surface area contributed by atoms with E-state index < -0.39 is 12.1 Å². The van der Waals surface area contributed by atoms with E-state index in [9.17, 15) is 4.79 Å². The van der Waals surface area contributed by atoms with Crippen molar-refractivity contribution in [3.63, 3.8) is 0 Å². The smallest absolute Gasteiger partial charge is 0.308 e. The number of hydrogen-bond donors (Lipinski definition) is 1. The summed E-state index contributed by atoms with van der Waals surface area (Å²) in [5.74, 6) is 1.80. The maximum absolute atomic E-state index is 10.4. The van der Waals surface area contributed by atoms with E-state index in [-0.39, 0.29) is 12.8 Å². The van der Waals surface area contributed by atoms with Gasteiger partial charge in [0.2, 0.25) is 0 Å². The van der Waals surface area contributed by atoms with Crippen molar-refractivity contribution in [3.8, 4) is 12.3 Å². The molecule has 0 spiro atoms. The summed E-state index contributed by atoms with van der Waals surface area (Å²) in [5.41, 5.74) is 0. The van der Waals surface area contributed by atoms with Crippen molar-refractivity contribution in [2.24, 2.45) is 0 Å². The molecule has 0 aliphatic rings. The fraction of sp³-hybridized carbons (Fsp3) is 0.571. The molecular formula is C7H10O3. The fourth-order valence-electron chi connectivity index (χ4n) is 0.484. The zero-order valence-electron chi connectivity index (χ0n) is 5.83. The third-order valence-corrected chi connectivity index (χ3v) is 0.983. The van der Waals surface area contributed by atoms with Gasteiger partial charge >= 0.3 is 5.97 Å². The quantitative estimate of drug-likeness (QED) is 0.443. The van der Waals surface area contributed by atoms with Crippen LogP contribution in [-0.4, -0.2) is 24.3 Å². The normalized spacial score (nSPS) is 11.7. The van der Waals surface area contributed by atoms with E-state index in [1.807, 2.05) is 0 Å². The SMILES string of the molecule is C#CCC(O)CC(=O)OC. The molecule has 56 valence electrons. The zero-order chi connectivity index (χ0) is 7.98. The van der Waals surface area contributed by atoms with Crippen molar-refractivity contribution >= 4 is 5.97 Å². The first-order chi connectivity index (χ1) is 4.70. The van der Waals surface area contributed by atoms with Gasteiger partial charge in [-0.05, 0) is 0 Å². The van der Waals surface area contributed by atoms with Crippen molar-refractivity contribution in [1.82, 2.24) is 0 Å². The van der Waals surface area contributed by atoms with Crippen LogP contribution in [0.5, 0.6) is 0 Å². The Labute approximate surface area is 60.0 Å². The van der Waals surface area contributed by atoms with Gasteiger partial charge < -0.3 is 9.84 Å². The largest absolute Gasteiger partial charge is 0.469 e. The van der Waals surface area contributed by atoms with Crippen LogP contribution in [0.1, 0.15) is 12.8 Å². The molecule has 10 heavy (non-hydrogen) atoms. The average Bonchev–Trinajstić information content (AvgIpc) is 1.88. The first kappa shape index (κ1) is 8.99. The van der Waals surface area contributed by atoms with E-state index in [4.69, 9.17) is 11.5 Å². The van der Waals surface area contributed by atoms with Crippen LogP contribution in [0, 0.1) is 12.3 Å². The molecule has 0 saturated heterocycles. The number of carbonyl (C=O) groups is 1. The Morgan fingerprint density at radius 1 is 1.90 bits per heavy atom. The van der Waals surface area contributed by atoms with Gasteiger partial charge in [0.15, 0.2) is 0 Å². The monoisotopic (exact) mass is 142 g/mol. The van der Waals surface area contributed by atoms with Crippen LogP contribution in [-0.2, 0) is 9.53 Å². The van der Waals surface area contributed by atoms with Gasteiger partial charge in [0.1, 0.15) is 0 Å². The molecule has 0 bridgehead atoms. The van der Waals surface area contributed by atoms with Crippen LogP contribution in [0.2, 0.25) is 0 Å². The predicted octanol–water partition coefficient (Wildman–Crippen LogP) is -0.0663. The summed E-state index contributed by atoms with van der Waals surface area (Å²) < 4.78 is 4.30. The van der Waals surface area contributed by atoms with Crippen LogP contribution < -0.4 is 0 Å². The summed E-state index contributed by atoms with van der Waals surface area (Å²) in [7, 11) is 1.27. The molecule has 0 saturated carbocycles. The van der Waals surface area contributed by atoms with E-state index in [1.54, 1.807) is 0 Å². The molecule has 0 aliphatic carbocycles. The molecule has 0 rings (SSSR count). The summed E-state index contributed by atoms with van der Waals surface area (Å²) in [6.45, 7) is 0. The van der Waals surface area contributed by atoms with Crippen LogP contribution in [0.15, 0.2) is 0 Å². The topological polar surface area (TPSA) is 46.5 Å². The van der Waals surface area contributed by atoms with Gasteiger partial charge in [0.05, 0.1) is 19.6 Å². The summed E-state index contributed by atoms with van der Waals surface area (Å²) in [5, 5.41) is 8.91. The van der Waals surface area contributed by atoms with Gasteiger partial charge in [0.25, 0.3) is 0 Å². The van der Waals surface area contributed by atoms with Crippen molar-refractivity contribution in [1.29, 1.82) is 0 Å². The lowest BCUT2D eigenvalue weighted by atomic mass is 10.2. The Hall–Kier alpha value is -1.01. The number of methoxy groups -OCH3 is 1. The third kappa shape index (κ3) is 3.93. The van der Waals surface area contributed by atoms with Crippen LogP contribution in [0.4, 0.5) is 0 Å². The lowest BCUT2D eigenvalue weighted by Crippen LogP contribution is -2.13. The molecule has 1 unspecified atom stereocenters. The molecule has 0 amide bonds. The Kier molecular flexibility index (Phi) is 4.34. The molecule has 3 nitrogen and oxygen atoms in total. The predicted molar refractivity (Wildman–Crippen MR) is 36.1 cm³/mol. The zero-order valence-corrected chi connectivity index (χ0v) is 5.83. The number of carbonyl (C=O) groups excluding carboxylic acids is 1. The van der Waals surface area contributed by atoms with Crippen LogP contribution in [0.25, 0.3) is 0 Å². The second-order valence-electron chi connectivity index (χ2n) is 1.84. The van der Waals surface area contributed by atoms with Crippen LogP contribution in [0.3, 0.4) is 0 Å². The number of ether oxygens (including phenoxy) is 1. The number of rotatable bonds is 3. The number of aliphatic hydroxyl groups is 1. The van der Waals surface area contributed by atoms with Gasteiger partial charge in [-0.15, -0.1) is 12.3 Å². The highest BCUT2D eigenvalue weighted by molar-refractivity contribution is 5.69. The Morgan fingerprint density at radius 2 is 2.50 bits per heavy atom. The molecule has 0 radical (unpaired) electrons. The molecule has 1 N–H and O–H groups in total. The highest BCUT2D eigenvalue weighted by Crippen LogP contribution is 1.96. The minimum absolute atomic E-state index is 0.0271. The highest BCUT2D eigenvalue weighted by atomic mass is 16.5. The lowest BCUT2D eigenvalue weighted by molar-refractivity contribution is -0.142. The van der Waals surface area contributed by atoms with Gasteiger partial charge in [0, 0.05) is 6.42 Å². The Bertz CT molecular complexity index is 145. The highest BCUT2D eigenvalue weighted by Gasteiger charge is 2.08. The maximum atomic E-state index is 10.4. The van der Waals surface area contributed by atoms with Gasteiger partial charge in [-0.25, -0.2) is 0 Å². The van der Waals surface area contributed by atoms with Gasteiger partial charge in [-0.2, -0.15) is 0 Å². The summed E-state index contributed by atoms with van der Waals surface area (Å²) in [6, 6.07) is 0. The van der Waals surface area contributed by atoms with Crippen molar-refractivity contribution in [2.45, 2.75) is 18.9 Å². The van der Waals surface area contributed by atoms with E-state index in [0.717, 1.165) is 0 Å². The Balaban J connectivity index is 3.49. The minimum Gasteiger partial charge on any atom is -0.469 e. The number of hydrogen-bond acceptors (Lipinski definition) is 3. The second kappa shape index (κ2) is 4.83. The van der Waals surface area contributed by atoms with Crippen molar-refractivity contribution < 1.29 is 14.6 Å². The lowest BCUT2D eigenvalue weighted by Gasteiger charge is -2.03. The van der Waals surface area contributed by atoms with Crippen LogP contribution >= 0.6 is 0 Å². The molecule has 1 atom stereocenters. The first-order valence-corrected chi connectivity index (χ1v) is 2.89. The third-order valence-electron chi connectivity index (χ3n) is 0.983. The molecular weight excluding hydrogens is 132 g/mol. The standard InChI is InChI=1S/C7H10O3/c1-3-4-6(8)5-7(9)10-2/h1,6,8H,4-5H2,2H3. The number of aliphatic hydroxyl groups excluding tert-OH is 1.